The van der Waals surface area contributed by atoms with Crippen LogP contribution in [-0.4, -0.2) is 35.1 Å². The number of rotatable bonds is 7. The molecule has 2 N–H and O–H groups in total. The van der Waals surface area contributed by atoms with Crippen LogP contribution in [0.2, 0.25) is 0 Å². The molecule has 6 nitrogen and oxygen atoms in total. The molecule has 2 aromatic rings. The fraction of sp³-hybridized carbons (Fsp3) is 0.316. The molecule has 0 radical (unpaired) electrons. The maximum absolute atomic E-state index is 12.4. The maximum atomic E-state index is 12.4. The van der Waals surface area contributed by atoms with Crippen molar-refractivity contribution in [2.75, 3.05) is 7.11 Å². The molecule has 3 rings (SSSR count). The summed E-state index contributed by atoms with van der Waals surface area (Å²) in [5, 5.41) is 11.9. The zero-order chi connectivity index (χ0) is 17.8. The van der Waals surface area contributed by atoms with Gasteiger partial charge in [0.1, 0.15) is 11.8 Å². The van der Waals surface area contributed by atoms with Crippen LogP contribution in [0, 0.1) is 5.92 Å². The van der Waals surface area contributed by atoms with E-state index >= 15 is 0 Å². The molecule has 1 unspecified atom stereocenters. The molecule has 0 saturated heterocycles. The molecule has 1 heterocycles. The van der Waals surface area contributed by atoms with Gasteiger partial charge in [0.25, 0.3) is 5.91 Å². The summed E-state index contributed by atoms with van der Waals surface area (Å²) < 4.78 is 5.13. The second kappa shape index (κ2) is 7.34. The lowest BCUT2D eigenvalue weighted by molar-refractivity contribution is -0.139. The van der Waals surface area contributed by atoms with Crippen LogP contribution < -0.4 is 10.1 Å². The Morgan fingerprint density at radius 3 is 2.56 bits per heavy atom. The summed E-state index contributed by atoms with van der Waals surface area (Å²) in [7, 11) is 1.60. The third-order valence-electron chi connectivity index (χ3n) is 4.29. The molecule has 25 heavy (non-hydrogen) atoms. The van der Waals surface area contributed by atoms with E-state index in [-0.39, 0.29) is 0 Å². The highest BCUT2D eigenvalue weighted by atomic mass is 16.5. The van der Waals surface area contributed by atoms with Gasteiger partial charge in [-0.25, -0.2) is 4.79 Å². The van der Waals surface area contributed by atoms with Crippen molar-refractivity contribution >= 4 is 11.9 Å². The van der Waals surface area contributed by atoms with E-state index in [0.717, 1.165) is 29.7 Å². The topological polar surface area (TPSA) is 88.5 Å². The van der Waals surface area contributed by atoms with Crippen molar-refractivity contribution in [3.8, 4) is 16.9 Å². The molecule has 6 heteroatoms. The monoisotopic (exact) mass is 340 g/mol. The van der Waals surface area contributed by atoms with Crippen molar-refractivity contribution in [1.82, 2.24) is 10.3 Å². The van der Waals surface area contributed by atoms with Gasteiger partial charge in [-0.1, -0.05) is 25.0 Å². The van der Waals surface area contributed by atoms with Gasteiger partial charge in [-0.05, 0) is 36.1 Å². The predicted molar refractivity (Wildman–Crippen MR) is 92.5 cm³/mol. The van der Waals surface area contributed by atoms with Crippen molar-refractivity contribution in [1.29, 1.82) is 0 Å². The Bertz CT molecular complexity index is 769. The van der Waals surface area contributed by atoms with E-state index in [2.05, 4.69) is 10.3 Å². The fourth-order valence-corrected chi connectivity index (χ4v) is 2.66. The predicted octanol–water partition coefficient (Wildman–Crippen LogP) is 2.74. The Hall–Kier alpha value is -2.89. The largest absolute Gasteiger partial charge is 0.497 e. The van der Waals surface area contributed by atoms with E-state index in [4.69, 9.17) is 4.74 Å². The number of carbonyl (C=O) groups excluding carboxylic acids is 1. The molecular formula is C19H20N2O4. The molecule has 0 aliphatic heterocycles. The van der Waals surface area contributed by atoms with Gasteiger partial charge < -0.3 is 15.2 Å². The highest BCUT2D eigenvalue weighted by Crippen LogP contribution is 2.33. The number of pyridine rings is 1. The third kappa shape index (κ3) is 4.35. The lowest BCUT2D eigenvalue weighted by Crippen LogP contribution is -2.41. The van der Waals surface area contributed by atoms with Gasteiger partial charge in [0.15, 0.2) is 0 Å². The van der Waals surface area contributed by atoms with Gasteiger partial charge >= 0.3 is 5.97 Å². The number of nitrogens with one attached hydrogen (secondary N) is 1. The van der Waals surface area contributed by atoms with E-state index in [1.165, 1.54) is 6.20 Å². The zero-order valence-electron chi connectivity index (χ0n) is 13.9. The molecule has 0 bridgehead atoms. The van der Waals surface area contributed by atoms with Crippen LogP contribution in [0.1, 0.15) is 29.6 Å². The Morgan fingerprint density at radius 2 is 1.96 bits per heavy atom. The number of hydrogen-bond acceptors (Lipinski definition) is 4. The van der Waals surface area contributed by atoms with E-state index in [1.54, 1.807) is 19.4 Å². The molecule has 130 valence electrons. The summed E-state index contributed by atoms with van der Waals surface area (Å²) in [5.74, 6) is -0.268. The second-order valence-corrected chi connectivity index (χ2v) is 6.23. The fourth-order valence-electron chi connectivity index (χ4n) is 2.66. The number of aromatic nitrogens is 1. The number of aliphatic carboxylic acids is 1. The van der Waals surface area contributed by atoms with Crippen LogP contribution in [0.15, 0.2) is 42.7 Å². The van der Waals surface area contributed by atoms with E-state index < -0.39 is 17.9 Å². The van der Waals surface area contributed by atoms with Gasteiger partial charge in [0.05, 0.1) is 12.7 Å². The average molecular weight is 340 g/mol. The number of amides is 1. The number of ether oxygens (including phenoxy) is 1. The van der Waals surface area contributed by atoms with Crippen LogP contribution >= 0.6 is 0 Å². The first-order valence-corrected chi connectivity index (χ1v) is 8.20. The van der Waals surface area contributed by atoms with Gasteiger partial charge in [-0.2, -0.15) is 0 Å². The number of carboxylic acid groups (broad SMARTS) is 1. The van der Waals surface area contributed by atoms with Gasteiger partial charge in [0.2, 0.25) is 0 Å². The highest BCUT2D eigenvalue weighted by molar-refractivity contribution is 5.97. The zero-order valence-corrected chi connectivity index (χ0v) is 13.9. The first-order chi connectivity index (χ1) is 12.1. The molecule has 0 spiro atoms. The summed E-state index contributed by atoms with van der Waals surface area (Å²) in [4.78, 5) is 27.9. The Labute approximate surface area is 145 Å². The van der Waals surface area contributed by atoms with Gasteiger partial charge in [0, 0.05) is 18.0 Å². The van der Waals surface area contributed by atoms with Crippen molar-refractivity contribution < 1.29 is 19.4 Å². The highest BCUT2D eigenvalue weighted by Gasteiger charge is 2.30. The Morgan fingerprint density at radius 1 is 1.24 bits per heavy atom. The number of hydrogen-bond donors (Lipinski definition) is 2. The Kier molecular flexibility index (Phi) is 4.97. The van der Waals surface area contributed by atoms with Crippen molar-refractivity contribution in [2.45, 2.75) is 25.3 Å². The second-order valence-electron chi connectivity index (χ2n) is 6.23. The summed E-state index contributed by atoms with van der Waals surface area (Å²) >= 11 is 0. The molecule has 1 aliphatic carbocycles. The molecule has 1 aliphatic rings. The molecule has 1 aromatic heterocycles. The molecule has 1 amide bonds. The minimum absolute atomic E-state index is 0.343. The summed E-state index contributed by atoms with van der Waals surface area (Å²) in [6.45, 7) is 0. The van der Waals surface area contributed by atoms with Crippen LogP contribution in [0.5, 0.6) is 5.75 Å². The van der Waals surface area contributed by atoms with E-state index in [0.29, 0.717) is 17.9 Å². The first-order valence-electron chi connectivity index (χ1n) is 8.20. The molecule has 1 saturated carbocycles. The van der Waals surface area contributed by atoms with Crippen molar-refractivity contribution in [2.24, 2.45) is 5.92 Å². The Balaban J connectivity index is 1.75. The van der Waals surface area contributed by atoms with Gasteiger partial charge in [-0.15, -0.1) is 0 Å². The molecule has 1 atom stereocenters. The van der Waals surface area contributed by atoms with Crippen molar-refractivity contribution in [3.05, 3.63) is 48.3 Å². The molecular weight excluding hydrogens is 320 g/mol. The van der Waals surface area contributed by atoms with E-state index in [1.807, 2.05) is 24.3 Å². The number of carboxylic acids is 1. The number of carbonyl (C=O) groups is 2. The average Bonchev–Trinajstić information content (AvgIpc) is 3.45. The van der Waals surface area contributed by atoms with Crippen LogP contribution in [0.4, 0.5) is 0 Å². The van der Waals surface area contributed by atoms with Crippen LogP contribution in [0.3, 0.4) is 0 Å². The lowest BCUT2D eigenvalue weighted by Gasteiger charge is -2.14. The maximum Gasteiger partial charge on any atom is 0.326 e. The molecule has 1 aromatic carbocycles. The summed E-state index contributed by atoms with van der Waals surface area (Å²) in [6.07, 6.45) is 5.66. The summed E-state index contributed by atoms with van der Waals surface area (Å²) in [5.41, 5.74) is 2.02. The number of nitrogens with zero attached hydrogens (tertiary/aromatic N) is 1. The minimum atomic E-state index is -1.00. The SMILES string of the molecule is COc1ccc(-c2cncc(C(=O)NC(CC3CC3)C(=O)O)c2)cc1. The van der Waals surface area contributed by atoms with Crippen LogP contribution in [0.25, 0.3) is 11.1 Å². The van der Waals surface area contributed by atoms with Crippen molar-refractivity contribution in [3.63, 3.8) is 0 Å². The smallest absolute Gasteiger partial charge is 0.326 e. The number of methoxy groups -OCH3 is 1. The normalized spacial score (nSPS) is 14.6. The quantitative estimate of drug-likeness (QED) is 0.809. The summed E-state index contributed by atoms with van der Waals surface area (Å²) in [6, 6.07) is 8.27. The van der Waals surface area contributed by atoms with E-state index in [9.17, 15) is 14.7 Å². The molecule has 1 fully saturated rings. The number of benzene rings is 1. The van der Waals surface area contributed by atoms with Gasteiger partial charge in [-0.3, -0.25) is 9.78 Å². The minimum Gasteiger partial charge on any atom is -0.497 e. The lowest BCUT2D eigenvalue weighted by atomic mass is 10.1. The standard InChI is InChI=1S/C19H20N2O4/c1-25-16-6-4-13(5-7-16)14-9-15(11-20-10-14)18(22)21-17(19(23)24)8-12-2-3-12/h4-7,9-12,17H,2-3,8H2,1H3,(H,21,22)(H,23,24). The third-order valence-corrected chi connectivity index (χ3v) is 4.29. The van der Waals surface area contributed by atoms with Crippen LogP contribution in [-0.2, 0) is 4.79 Å². The first kappa shape index (κ1) is 17.0.